The number of nitrogens with zero attached hydrogens (tertiary/aromatic N) is 1. The van der Waals surface area contributed by atoms with Gasteiger partial charge in [0.15, 0.2) is 0 Å². The van der Waals surface area contributed by atoms with E-state index in [1.165, 1.54) is 0 Å². The van der Waals surface area contributed by atoms with E-state index < -0.39 is 0 Å². The maximum atomic E-state index is 12.1. The summed E-state index contributed by atoms with van der Waals surface area (Å²) in [5.74, 6) is -0.0526. The molecular weight excluding hydrogens is 417 g/mol. The molecule has 1 heterocycles. The van der Waals surface area contributed by atoms with Crippen molar-refractivity contribution < 1.29 is 9.59 Å². The fourth-order valence-electron chi connectivity index (χ4n) is 2.79. The van der Waals surface area contributed by atoms with E-state index in [4.69, 9.17) is 0 Å². The molecule has 24 heavy (non-hydrogen) atoms. The summed E-state index contributed by atoms with van der Waals surface area (Å²) in [6.45, 7) is 2.48. The molecular formula is C18H18IN3O2. The van der Waals surface area contributed by atoms with Crippen LogP contribution in [0.1, 0.15) is 12.5 Å². The number of nitrogens with one attached hydrogen (secondary N) is 2. The van der Waals surface area contributed by atoms with Crippen LogP contribution in [0.2, 0.25) is 0 Å². The van der Waals surface area contributed by atoms with Gasteiger partial charge in [0, 0.05) is 34.1 Å². The number of anilines is 3. The van der Waals surface area contributed by atoms with Gasteiger partial charge < -0.3 is 15.5 Å². The maximum Gasteiger partial charge on any atom is 0.243 e. The highest BCUT2D eigenvalue weighted by Crippen LogP contribution is 2.30. The SMILES string of the molecule is CC(=O)N1CCc2cc(NC(=O)CNc3ccccc3I)ccc21. The summed E-state index contributed by atoms with van der Waals surface area (Å²) in [5, 5.41) is 6.03. The standard InChI is InChI=1S/C18H18IN3O2/c1-12(23)22-9-8-13-10-14(6-7-17(13)22)21-18(24)11-20-16-5-3-2-4-15(16)19/h2-7,10,20H,8-9,11H2,1H3,(H,21,24). The number of para-hydroxylation sites is 1. The Morgan fingerprint density at radius 1 is 1.21 bits per heavy atom. The zero-order valence-corrected chi connectivity index (χ0v) is 15.5. The van der Waals surface area contributed by atoms with Gasteiger partial charge in [-0.15, -0.1) is 0 Å². The third-order valence-electron chi connectivity index (χ3n) is 3.95. The Morgan fingerprint density at radius 3 is 2.75 bits per heavy atom. The van der Waals surface area contributed by atoms with Crippen LogP contribution in [0.3, 0.4) is 0 Å². The van der Waals surface area contributed by atoms with Crippen molar-refractivity contribution in [2.75, 3.05) is 28.6 Å². The Labute approximate surface area is 154 Å². The van der Waals surface area contributed by atoms with E-state index in [1.54, 1.807) is 11.8 Å². The van der Waals surface area contributed by atoms with Gasteiger partial charge in [0.05, 0.1) is 6.54 Å². The lowest BCUT2D eigenvalue weighted by atomic mass is 10.1. The molecule has 1 aliphatic heterocycles. The van der Waals surface area contributed by atoms with Crippen molar-refractivity contribution in [1.29, 1.82) is 0 Å². The van der Waals surface area contributed by atoms with Gasteiger partial charge in [-0.3, -0.25) is 9.59 Å². The number of amides is 2. The van der Waals surface area contributed by atoms with Crippen molar-refractivity contribution in [1.82, 2.24) is 0 Å². The third-order valence-corrected chi connectivity index (χ3v) is 4.89. The predicted octanol–water partition coefficient (Wildman–Crippen LogP) is 3.25. The third kappa shape index (κ3) is 3.69. The van der Waals surface area contributed by atoms with E-state index in [-0.39, 0.29) is 18.4 Å². The van der Waals surface area contributed by atoms with Gasteiger partial charge in [0.2, 0.25) is 11.8 Å². The average molecular weight is 435 g/mol. The molecule has 2 aromatic rings. The molecule has 2 amide bonds. The molecule has 5 nitrogen and oxygen atoms in total. The summed E-state index contributed by atoms with van der Waals surface area (Å²) < 4.78 is 1.07. The van der Waals surface area contributed by atoms with Crippen LogP contribution in [-0.2, 0) is 16.0 Å². The van der Waals surface area contributed by atoms with Crippen LogP contribution in [0.4, 0.5) is 17.1 Å². The topological polar surface area (TPSA) is 61.4 Å². The number of hydrogen-bond acceptors (Lipinski definition) is 3. The van der Waals surface area contributed by atoms with Crippen molar-refractivity contribution in [3.63, 3.8) is 0 Å². The van der Waals surface area contributed by atoms with E-state index in [2.05, 4.69) is 33.2 Å². The molecule has 3 rings (SSSR count). The van der Waals surface area contributed by atoms with Crippen LogP contribution in [0.15, 0.2) is 42.5 Å². The zero-order valence-electron chi connectivity index (χ0n) is 13.3. The number of rotatable bonds is 4. The van der Waals surface area contributed by atoms with Gasteiger partial charge in [0.1, 0.15) is 0 Å². The second-order valence-corrected chi connectivity index (χ2v) is 6.81. The van der Waals surface area contributed by atoms with Gasteiger partial charge in [-0.2, -0.15) is 0 Å². The van der Waals surface area contributed by atoms with Gasteiger partial charge >= 0.3 is 0 Å². The smallest absolute Gasteiger partial charge is 0.243 e. The number of carbonyl (C=O) groups is 2. The highest BCUT2D eigenvalue weighted by atomic mass is 127. The zero-order chi connectivity index (χ0) is 17.1. The Bertz CT molecular complexity index is 792. The van der Waals surface area contributed by atoms with Crippen LogP contribution in [-0.4, -0.2) is 24.9 Å². The van der Waals surface area contributed by atoms with E-state index in [9.17, 15) is 9.59 Å². The fourth-order valence-corrected chi connectivity index (χ4v) is 3.37. The summed E-state index contributed by atoms with van der Waals surface area (Å²) in [6.07, 6.45) is 0.819. The summed E-state index contributed by atoms with van der Waals surface area (Å²) in [7, 11) is 0. The van der Waals surface area contributed by atoms with E-state index >= 15 is 0 Å². The molecule has 0 saturated heterocycles. The van der Waals surface area contributed by atoms with Gasteiger partial charge in [-0.05, 0) is 64.9 Å². The Hall–Kier alpha value is -2.09. The van der Waals surface area contributed by atoms with Gasteiger partial charge in [-0.25, -0.2) is 0 Å². The molecule has 0 aromatic heterocycles. The van der Waals surface area contributed by atoms with E-state index in [1.807, 2.05) is 42.5 Å². The molecule has 124 valence electrons. The molecule has 6 heteroatoms. The molecule has 0 saturated carbocycles. The first kappa shape index (κ1) is 16.8. The first-order chi connectivity index (χ1) is 11.5. The van der Waals surface area contributed by atoms with Crippen molar-refractivity contribution in [3.05, 3.63) is 51.6 Å². The largest absolute Gasteiger partial charge is 0.375 e. The van der Waals surface area contributed by atoms with Crippen molar-refractivity contribution >= 4 is 51.5 Å². The van der Waals surface area contributed by atoms with Crippen LogP contribution in [0, 0.1) is 3.57 Å². The van der Waals surface area contributed by atoms with Crippen LogP contribution in [0.5, 0.6) is 0 Å². The Morgan fingerprint density at radius 2 is 2.00 bits per heavy atom. The Balaban J connectivity index is 1.61. The molecule has 0 spiro atoms. The molecule has 0 bridgehead atoms. The quantitative estimate of drug-likeness (QED) is 0.726. The minimum absolute atomic E-state index is 0.0483. The number of hydrogen-bond donors (Lipinski definition) is 2. The normalized spacial score (nSPS) is 12.7. The van der Waals surface area contributed by atoms with Gasteiger partial charge in [-0.1, -0.05) is 12.1 Å². The summed E-state index contributed by atoms with van der Waals surface area (Å²) >= 11 is 2.23. The summed E-state index contributed by atoms with van der Waals surface area (Å²) in [5.41, 5.74) is 3.74. The van der Waals surface area contributed by atoms with Crippen molar-refractivity contribution in [2.45, 2.75) is 13.3 Å². The lowest BCUT2D eigenvalue weighted by Gasteiger charge is -2.15. The average Bonchev–Trinajstić information content (AvgIpc) is 2.97. The number of carbonyl (C=O) groups excluding carboxylic acids is 2. The molecule has 0 unspecified atom stereocenters. The minimum Gasteiger partial charge on any atom is -0.375 e. The molecule has 0 atom stereocenters. The highest BCUT2D eigenvalue weighted by Gasteiger charge is 2.22. The molecule has 0 fully saturated rings. The first-order valence-electron chi connectivity index (χ1n) is 7.74. The highest BCUT2D eigenvalue weighted by molar-refractivity contribution is 14.1. The second kappa shape index (κ2) is 7.21. The molecule has 2 aromatic carbocycles. The van der Waals surface area contributed by atoms with E-state index in [0.29, 0.717) is 6.54 Å². The van der Waals surface area contributed by atoms with Gasteiger partial charge in [0.25, 0.3) is 0 Å². The lowest BCUT2D eigenvalue weighted by Crippen LogP contribution is -2.25. The van der Waals surface area contributed by atoms with Crippen LogP contribution >= 0.6 is 22.6 Å². The first-order valence-corrected chi connectivity index (χ1v) is 8.82. The molecule has 0 aliphatic carbocycles. The second-order valence-electron chi connectivity index (χ2n) is 5.65. The van der Waals surface area contributed by atoms with E-state index in [0.717, 1.165) is 32.6 Å². The number of fused-ring (bicyclic) bond motifs is 1. The van der Waals surface area contributed by atoms with Crippen molar-refractivity contribution in [3.8, 4) is 0 Å². The predicted molar refractivity (Wildman–Crippen MR) is 104 cm³/mol. The summed E-state index contributed by atoms with van der Waals surface area (Å²) in [6, 6.07) is 13.5. The van der Waals surface area contributed by atoms with Crippen LogP contribution in [0.25, 0.3) is 0 Å². The molecule has 2 N–H and O–H groups in total. The molecule has 1 aliphatic rings. The Kier molecular flexibility index (Phi) is 5.03. The summed E-state index contributed by atoms with van der Waals surface area (Å²) in [4.78, 5) is 25.5. The lowest BCUT2D eigenvalue weighted by molar-refractivity contribution is -0.116. The van der Waals surface area contributed by atoms with Crippen molar-refractivity contribution in [2.24, 2.45) is 0 Å². The monoisotopic (exact) mass is 435 g/mol. The van der Waals surface area contributed by atoms with Crippen LogP contribution < -0.4 is 15.5 Å². The molecule has 0 radical (unpaired) electrons. The fraction of sp³-hybridized carbons (Fsp3) is 0.222. The minimum atomic E-state index is -0.101. The number of benzene rings is 2. The number of halogens is 1. The maximum absolute atomic E-state index is 12.1.